The molecule has 194 valence electrons. The predicted octanol–water partition coefficient (Wildman–Crippen LogP) is 4.81. The van der Waals surface area contributed by atoms with Crippen molar-refractivity contribution in [2.45, 2.75) is 44.8 Å². The van der Waals surface area contributed by atoms with Gasteiger partial charge in [0.15, 0.2) is 0 Å². The number of nitrogens with zero attached hydrogens (tertiary/aromatic N) is 3. The Morgan fingerprint density at radius 2 is 2.08 bits per heavy atom. The second kappa shape index (κ2) is 11.3. The molecule has 8 nitrogen and oxygen atoms in total. The number of hydrogen-bond acceptors (Lipinski definition) is 7. The molecular formula is C26H27Cl2N5O3S. The van der Waals surface area contributed by atoms with Crippen LogP contribution in [0.25, 0.3) is 10.6 Å². The van der Waals surface area contributed by atoms with Crippen LogP contribution in [0.4, 0.5) is 5.95 Å². The summed E-state index contributed by atoms with van der Waals surface area (Å²) in [6, 6.07) is 8.79. The Balaban J connectivity index is 1.28. The number of thiophene rings is 1. The van der Waals surface area contributed by atoms with E-state index in [1.54, 1.807) is 30.2 Å². The zero-order chi connectivity index (χ0) is 25.9. The van der Waals surface area contributed by atoms with Crippen molar-refractivity contribution in [2.75, 3.05) is 25.1 Å². The normalized spacial score (nSPS) is 16.8. The number of fused-ring (bicyclic) bond motifs is 1. The first kappa shape index (κ1) is 25.9. The van der Waals surface area contributed by atoms with Gasteiger partial charge in [-0.25, -0.2) is 9.97 Å². The fourth-order valence-electron chi connectivity index (χ4n) is 4.52. The lowest BCUT2D eigenvalue weighted by atomic mass is 10.1. The van der Waals surface area contributed by atoms with Crippen molar-refractivity contribution >= 4 is 52.3 Å². The molecule has 0 radical (unpaired) electrons. The molecule has 0 aliphatic carbocycles. The van der Waals surface area contributed by atoms with Crippen molar-refractivity contribution in [2.24, 2.45) is 0 Å². The predicted molar refractivity (Wildman–Crippen MR) is 145 cm³/mol. The first-order valence-corrected chi connectivity index (χ1v) is 13.8. The smallest absolute Gasteiger partial charge is 0.255 e. The number of nitrogens with one attached hydrogen (secondary N) is 2. The second-order valence-corrected chi connectivity index (χ2v) is 11.1. The summed E-state index contributed by atoms with van der Waals surface area (Å²) in [6.07, 6.45) is 4.03. The van der Waals surface area contributed by atoms with Gasteiger partial charge in [0, 0.05) is 48.7 Å². The van der Waals surface area contributed by atoms with Gasteiger partial charge in [0.05, 0.1) is 21.7 Å². The third-order valence-electron chi connectivity index (χ3n) is 6.61. The lowest BCUT2D eigenvalue weighted by molar-refractivity contribution is -0.125. The SMILES string of the molecule is CC(C(=O)NCc1cccc(Cl)c1)N1CCc2sc(-c3nc(NC4CCOCC4)ncc3Cl)cc2C1=O. The van der Waals surface area contributed by atoms with Crippen LogP contribution in [0.15, 0.2) is 36.5 Å². The topological polar surface area (TPSA) is 96.5 Å². The summed E-state index contributed by atoms with van der Waals surface area (Å²) in [5, 5.41) is 7.31. The number of halogens is 2. The monoisotopic (exact) mass is 559 g/mol. The largest absolute Gasteiger partial charge is 0.381 e. The third-order valence-corrected chi connectivity index (χ3v) is 8.33. The number of amides is 2. The van der Waals surface area contributed by atoms with Crippen LogP contribution in [0.1, 0.15) is 40.6 Å². The van der Waals surface area contributed by atoms with Gasteiger partial charge in [0.25, 0.3) is 5.91 Å². The Bertz CT molecular complexity index is 1310. The minimum atomic E-state index is -0.610. The molecule has 1 aromatic carbocycles. The van der Waals surface area contributed by atoms with E-state index in [1.807, 2.05) is 18.2 Å². The molecule has 0 bridgehead atoms. The summed E-state index contributed by atoms with van der Waals surface area (Å²) in [7, 11) is 0. The Hall–Kier alpha value is -2.72. The summed E-state index contributed by atoms with van der Waals surface area (Å²) < 4.78 is 5.42. The molecule has 4 heterocycles. The van der Waals surface area contributed by atoms with E-state index in [1.165, 1.54) is 11.3 Å². The highest BCUT2D eigenvalue weighted by atomic mass is 35.5. The lowest BCUT2D eigenvalue weighted by Crippen LogP contribution is -2.50. The molecule has 2 N–H and O–H groups in total. The van der Waals surface area contributed by atoms with E-state index in [4.69, 9.17) is 27.9 Å². The maximum atomic E-state index is 13.4. The molecule has 3 aromatic rings. The van der Waals surface area contributed by atoms with Crippen LogP contribution < -0.4 is 10.6 Å². The molecule has 1 saturated heterocycles. The van der Waals surface area contributed by atoms with Gasteiger partial charge in [-0.3, -0.25) is 9.59 Å². The minimum absolute atomic E-state index is 0.167. The minimum Gasteiger partial charge on any atom is -0.381 e. The Morgan fingerprint density at radius 1 is 1.27 bits per heavy atom. The summed E-state index contributed by atoms with van der Waals surface area (Å²) in [4.78, 5) is 38.6. The van der Waals surface area contributed by atoms with E-state index in [2.05, 4.69) is 20.6 Å². The molecule has 2 aliphatic rings. The zero-order valence-electron chi connectivity index (χ0n) is 20.3. The molecule has 11 heteroatoms. The summed E-state index contributed by atoms with van der Waals surface area (Å²) in [6.45, 7) is 3.98. The van der Waals surface area contributed by atoms with E-state index in [-0.39, 0.29) is 17.9 Å². The van der Waals surface area contributed by atoms with E-state index < -0.39 is 6.04 Å². The van der Waals surface area contributed by atoms with Gasteiger partial charge in [-0.2, -0.15) is 0 Å². The van der Waals surface area contributed by atoms with Crippen molar-refractivity contribution in [1.82, 2.24) is 20.2 Å². The molecule has 0 saturated carbocycles. The standard InChI is InChI=1S/C26H27Cl2N5O3S/c1-15(24(34)29-13-16-3-2-4-17(27)11-16)33-8-5-21-19(25(33)35)12-22(37-21)23-20(28)14-30-26(32-23)31-18-6-9-36-10-7-18/h2-4,11-12,14-15,18H,5-10,13H2,1H3,(H,29,34)(H,30,31,32). The first-order valence-electron chi connectivity index (χ1n) is 12.2. The third kappa shape index (κ3) is 5.90. The Morgan fingerprint density at radius 3 is 2.86 bits per heavy atom. The van der Waals surface area contributed by atoms with Crippen LogP contribution >= 0.6 is 34.5 Å². The number of carbonyl (C=O) groups excluding carboxylic acids is 2. The van der Waals surface area contributed by atoms with Gasteiger partial charge < -0.3 is 20.3 Å². The van der Waals surface area contributed by atoms with Crippen molar-refractivity contribution in [3.8, 4) is 10.6 Å². The summed E-state index contributed by atoms with van der Waals surface area (Å²) in [5.74, 6) is 0.130. The number of ether oxygens (including phenoxy) is 1. The number of anilines is 1. The molecule has 1 atom stereocenters. The number of hydrogen-bond donors (Lipinski definition) is 2. The fraction of sp³-hybridized carbons (Fsp3) is 0.385. The fourth-order valence-corrected chi connectivity index (χ4v) is 6.13. The molecular weight excluding hydrogens is 533 g/mol. The highest BCUT2D eigenvalue weighted by molar-refractivity contribution is 7.16. The highest BCUT2D eigenvalue weighted by Crippen LogP contribution is 2.37. The van der Waals surface area contributed by atoms with E-state index in [0.29, 0.717) is 60.0 Å². The molecule has 1 fully saturated rings. The molecule has 1 unspecified atom stereocenters. The van der Waals surface area contributed by atoms with Gasteiger partial charge in [0.2, 0.25) is 11.9 Å². The van der Waals surface area contributed by atoms with Crippen molar-refractivity contribution < 1.29 is 14.3 Å². The van der Waals surface area contributed by atoms with Gasteiger partial charge in [-0.05, 0) is 43.5 Å². The molecule has 5 rings (SSSR count). The summed E-state index contributed by atoms with van der Waals surface area (Å²) >= 11 is 14.0. The number of rotatable bonds is 7. The molecule has 2 aromatic heterocycles. The van der Waals surface area contributed by atoms with Gasteiger partial charge in [-0.15, -0.1) is 11.3 Å². The van der Waals surface area contributed by atoms with Crippen molar-refractivity contribution in [1.29, 1.82) is 0 Å². The average Bonchev–Trinajstić information content (AvgIpc) is 3.34. The Labute approximate surface area is 229 Å². The van der Waals surface area contributed by atoms with E-state index >= 15 is 0 Å². The molecule has 2 aliphatic heterocycles. The zero-order valence-corrected chi connectivity index (χ0v) is 22.6. The lowest BCUT2D eigenvalue weighted by Gasteiger charge is -2.31. The summed E-state index contributed by atoms with van der Waals surface area (Å²) in [5.41, 5.74) is 2.09. The van der Waals surface area contributed by atoms with Crippen molar-refractivity contribution in [3.05, 3.63) is 62.6 Å². The highest BCUT2D eigenvalue weighted by Gasteiger charge is 2.33. The van der Waals surface area contributed by atoms with Crippen molar-refractivity contribution in [3.63, 3.8) is 0 Å². The molecule has 37 heavy (non-hydrogen) atoms. The van der Waals surface area contributed by atoms with Gasteiger partial charge in [-0.1, -0.05) is 35.3 Å². The van der Waals surface area contributed by atoms with Crippen LogP contribution in [0, 0.1) is 0 Å². The van der Waals surface area contributed by atoms with E-state index in [9.17, 15) is 9.59 Å². The van der Waals surface area contributed by atoms with Gasteiger partial charge in [0.1, 0.15) is 11.7 Å². The number of carbonyl (C=O) groups is 2. The van der Waals surface area contributed by atoms with Crippen LogP contribution in [0.3, 0.4) is 0 Å². The van der Waals surface area contributed by atoms with Crippen LogP contribution in [0.5, 0.6) is 0 Å². The van der Waals surface area contributed by atoms with E-state index in [0.717, 1.165) is 28.2 Å². The molecule has 0 spiro atoms. The van der Waals surface area contributed by atoms with Crippen LogP contribution in [0.2, 0.25) is 10.0 Å². The molecule has 2 amide bonds. The number of benzene rings is 1. The van der Waals surface area contributed by atoms with Crippen LogP contribution in [-0.2, 0) is 22.5 Å². The average molecular weight is 561 g/mol. The Kier molecular flexibility index (Phi) is 7.95. The van der Waals surface area contributed by atoms with Gasteiger partial charge >= 0.3 is 0 Å². The second-order valence-electron chi connectivity index (χ2n) is 9.14. The maximum absolute atomic E-state index is 13.4. The van der Waals surface area contributed by atoms with Crippen LogP contribution in [-0.4, -0.2) is 58.5 Å². The quantitative estimate of drug-likeness (QED) is 0.431. The maximum Gasteiger partial charge on any atom is 0.255 e. The first-order chi connectivity index (χ1) is 17.9. The number of aromatic nitrogens is 2.